The Labute approximate surface area is 217 Å². The van der Waals surface area contributed by atoms with Gasteiger partial charge < -0.3 is 10.6 Å². The van der Waals surface area contributed by atoms with Crippen molar-refractivity contribution < 1.29 is 24.0 Å². The zero-order chi connectivity index (χ0) is 26.4. The summed E-state index contributed by atoms with van der Waals surface area (Å²) in [5.41, 5.74) is 3.83. The topological polar surface area (TPSA) is 109 Å². The second-order valence-electron chi connectivity index (χ2n) is 9.15. The summed E-state index contributed by atoms with van der Waals surface area (Å²) < 4.78 is 0. The molecule has 38 heavy (non-hydrogen) atoms. The lowest BCUT2D eigenvalue weighted by atomic mass is 9.84. The molecule has 0 aliphatic heterocycles. The van der Waals surface area contributed by atoms with Gasteiger partial charge in [-0.3, -0.25) is 24.0 Å². The quantitative estimate of drug-likeness (QED) is 0.356. The fourth-order valence-corrected chi connectivity index (χ4v) is 4.93. The summed E-state index contributed by atoms with van der Waals surface area (Å²) in [5.74, 6) is -1.15. The van der Waals surface area contributed by atoms with Gasteiger partial charge in [0.05, 0.1) is 0 Å². The molecule has 0 saturated heterocycles. The predicted octanol–water partition coefficient (Wildman–Crippen LogP) is 4.68. The van der Waals surface area contributed by atoms with Crippen LogP contribution < -0.4 is 10.6 Å². The summed E-state index contributed by atoms with van der Waals surface area (Å²) >= 11 is 0. The minimum absolute atomic E-state index is 0.111. The van der Waals surface area contributed by atoms with Crippen molar-refractivity contribution in [1.82, 2.24) is 0 Å². The predicted molar refractivity (Wildman–Crippen MR) is 141 cm³/mol. The molecule has 2 N–H and O–H groups in total. The number of amides is 1. The number of anilines is 2. The number of fused-ring (bicyclic) bond motifs is 4. The van der Waals surface area contributed by atoms with Crippen LogP contribution in [0.15, 0.2) is 84.9 Å². The van der Waals surface area contributed by atoms with Crippen molar-refractivity contribution in [1.29, 1.82) is 0 Å². The smallest absolute Gasteiger partial charge is 0.226 e. The largest absolute Gasteiger partial charge is 0.385 e. The highest BCUT2D eigenvalue weighted by Crippen LogP contribution is 2.30. The van der Waals surface area contributed by atoms with E-state index in [1.165, 1.54) is 6.07 Å². The normalized spacial score (nSPS) is 13.3. The van der Waals surface area contributed by atoms with E-state index in [4.69, 9.17) is 0 Å². The molecule has 0 aromatic heterocycles. The molecule has 0 atom stereocenters. The Bertz CT molecular complexity index is 1720. The molecule has 0 bridgehead atoms. The number of ketones is 4. The highest BCUT2D eigenvalue weighted by atomic mass is 16.2. The van der Waals surface area contributed by atoms with Gasteiger partial charge in [0.25, 0.3) is 0 Å². The van der Waals surface area contributed by atoms with E-state index in [-0.39, 0.29) is 47.6 Å². The number of hydrogen-bond donors (Lipinski definition) is 2. The molecule has 7 nitrogen and oxygen atoms in total. The maximum atomic E-state index is 12.9. The van der Waals surface area contributed by atoms with Gasteiger partial charge in [0.15, 0.2) is 23.1 Å². The first kappa shape index (κ1) is 23.2. The molecule has 4 aromatic rings. The number of benzene rings is 4. The van der Waals surface area contributed by atoms with Crippen molar-refractivity contribution in [2.45, 2.75) is 6.42 Å². The molecule has 184 valence electrons. The van der Waals surface area contributed by atoms with Gasteiger partial charge in [0.1, 0.15) is 0 Å². The summed E-state index contributed by atoms with van der Waals surface area (Å²) in [4.78, 5) is 63.9. The molecule has 0 unspecified atom stereocenters. The van der Waals surface area contributed by atoms with Crippen molar-refractivity contribution in [2.75, 3.05) is 17.2 Å². The molecular weight excluding hydrogens is 480 g/mol. The van der Waals surface area contributed by atoms with Crippen LogP contribution in [0.3, 0.4) is 0 Å². The van der Waals surface area contributed by atoms with Crippen LogP contribution in [0, 0.1) is 0 Å². The van der Waals surface area contributed by atoms with E-state index >= 15 is 0 Å². The van der Waals surface area contributed by atoms with Crippen LogP contribution in [0.25, 0.3) is 0 Å². The monoisotopic (exact) mass is 500 g/mol. The van der Waals surface area contributed by atoms with Crippen molar-refractivity contribution >= 4 is 40.4 Å². The van der Waals surface area contributed by atoms with Crippen LogP contribution in [0.5, 0.6) is 0 Å². The van der Waals surface area contributed by atoms with Gasteiger partial charge in [-0.15, -0.1) is 0 Å². The average molecular weight is 501 g/mol. The molecular formula is C31H20N2O5. The Balaban J connectivity index is 1.11. The zero-order valence-corrected chi connectivity index (χ0v) is 20.0. The Kier molecular flexibility index (Phi) is 5.53. The number of carbonyl (C=O) groups excluding carboxylic acids is 5. The van der Waals surface area contributed by atoms with Gasteiger partial charge in [0, 0.05) is 68.8 Å². The minimum Gasteiger partial charge on any atom is -0.385 e. The van der Waals surface area contributed by atoms with E-state index in [2.05, 4.69) is 10.6 Å². The number of carbonyl (C=O) groups is 5. The van der Waals surface area contributed by atoms with Crippen LogP contribution in [0.4, 0.5) is 11.4 Å². The first-order valence-corrected chi connectivity index (χ1v) is 12.1. The van der Waals surface area contributed by atoms with E-state index in [1.807, 2.05) is 0 Å². The molecule has 2 aliphatic carbocycles. The second-order valence-corrected chi connectivity index (χ2v) is 9.15. The van der Waals surface area contributed by atoms with Gasteiger partial charge in [-0.2, -0.15) is 0 Å². The van der Waals surface area contributed by atoms with Crippen LogP contribution in [-0.2, 0) is 4.79 Å². The maximum Gasteiger partial charge on any atom is 0.226 e. The third kappa shape index (κ3) is 3.81. The molecule has 6 rings (SSSR count). The van der Waals surface area contributed by atoms with Crippen molar-refractivity contribution in [3.8, 4) is 0 Å². The van der Waals surface area contributed by atoms with Crippen LogP contribution in [-0.4, -0.2) is 35.6 Å². The summed E-state index contributed by atoms with van der Waals surface area (Å²) in [6.45, 7) is 0.277. The summed E-state index contributed by atoms with van der Waals surface area (Å²) in [6, 6.07) is 23.1. The SMILES string of the molecule is O=C(CCNc1ccc2c(c1)C(=O)c1ccccc1C2=O)Nc1ccc2c(c1)C(=O)c1ccccc1C2=O. The maximum absolute atomic E-state index is 12.9. The van der Waals surface area contributed by atoms with E-state index < -0.39 is 0 Å². The van der Waals surface area contributed by atoms with Crippen LogP contribution >= 0.6 is 0 Å². The zero-order valence-electron chi connectivity index (χ0n) is 20.0. The van der Waals surface area contributed by atoms with Gasteiger partial charge in [-0.25, -0.2) is 0 Å². The lowest BCUT2D eigenvalue weighted by Gasteiger charge is -2.18. The molecule has 7 heteroatoms. The summed E-state index contributed by atoms with van der Waals surface area (Å²) in [5, 5.41) is 5.89. The standard InChI is InChI=1S/C31H20N2O5/c34-27(33-18-10-12-24-26(16-18)31(38)22-8-4-2-6-20(22)29(24)36)13-14-32-17-9-11-23-25(15-17)30(37)21-7-3-1-5-19(21)28(23)35/h1-12,15-16,32H,13-14H2,(H,33,34). The highest BCUT2D eigenvalue weighted by Gasteiger charge is 2.30. The number of rotatable bonds is 5. The van der Waals surface area contributed by atoms with Crippen molar-refractivity contribution in [3.63, 3.8) is 0 Å². The third-order valence-corrected chi connectivity index (χ3v) is 6.82. The molecule has 2 aliphatic rings. The molecule has 0 radical (unpaired) electrons. The molecule has 0 saturated carbocycles. The molecule has 0 fully saturated rings. The van der Waals surface area contributed by atoms with Gasteiger partial charge in [-0.1, -0.05) is 48.5 Å². The average Bonchev–Trinajstić information content (AvgIpc) is 2.94. The van der Waals surface area contributed by atoms with Crippen molar-refractivity contribution in [2.24, 2.45) is 0 Å². The van der Waals surface area contributed by atoms with Gasteiger partial charge >= 0.3 is 0 Å². The van der Waals surface area contributed by atoms with E-state index in [1.54, 1.807) is 78.9 Å². The van der Waals surface area contributed by atoms with E-state index in [9.17, 15) is 24.0 Å². The molecule has 4 aromatic carbocycles. The molecule has 0 spiro atoms. The van der Waals surface area contributed by atoms with Crippen molar-refractivity contribution in [3.05, 3.63) is 129 Å². The lowest BCUT2D eigenvalue weighted by Crippen LogP contribution is -2.22. The number of hydrogen-bond acceptors (Lipinski definition) is 6. The minimum atomic E-state index is -0.287. The van der Waals surface area contributed by atoms with Gasteiger partial charge in [-0.05, 0) is 36.4 Å². The Morgan fingerprint density at radius 3 is 1.39 bits per heavy atom. The molecule has 0 heterocycles. The fourth-order valence-electron chi connectivity index (χ4n) is 4.93. The summed E-state index contributed by atoms with van der Waals surface area (Å²) in [6.07, 6.45) is 0.111. The van der Waals surface area contributed by atoms with Crippen LogP contribution in [0.2, 0.25) is 0 Å². The Morgan fingerprint density at radius 2 is 0.895 bits per heavy atom. The Hall–Kier alpha value is -5.17. The first-order chi connectivity index (χ1) is 18.4. The van der Waals surface area contributed by atoms with Gasteiger partial charge in [0.2, 0.25) is 5.91 Å². The Morgan fingerprint density at radius 1 is 0.500 bits per heavy atom. The van der Waals surface area contributed by atoms with Crippen LogP contribution in [0.1, 0.15) is 70.1 Å². The summed E-state index contributed by atoms with van der Waals surface area (Å²) in [7, 11) is 0. The first-order valence-electron chi connectivity index (χ1n) is 12.1. The fraction of sp³-hybridized carbons (Fsp3) is 0.0645. The number of nitrogens with one attached hydrogen (secondary N) is 2. The molecule has 1 amide bonds. The third-order valence-electron chi connectivity index (χ3n) is 6.82. The van der Waals surface area contributed by atoms with E-state index in [0.29, 0.717) is 50.3 Å². The second kappa shape index (κ2) is 9.05. The lowest BCUT2D eigenvalue weighted by molar-refractivity contribution is -0.115. The van der Waals surface area contributed by atoms with E-state index in [0.717, 1.165) is 0 Å². The highest BCUT2D eigenvalue weighted by molar-refractivity contribution is 6.29.